The van der Waals surface area contributed by atoms with E-state index in [0.29, 0.717) is 18.4 Å². The molecule has 0 saturated heterocycles. The quantitative estimate of drug-likeness (QED) is 0.639. The summed E-state index contributed by atoms with van der Waals surface area (Å²) in [6.07, 6.45) is 3.91. The van der Waals surface area contributed by atoms with Crippen LogP contribution in [0.4, 0.5) is 0 Å². The first-order valence-electron chi connectivity index (χ1n) is 10.5. The largest absolute Gasteiger partial charge is 0.349 e. The molecule has 1 amide bonds. The molecule has 164 valence electrons. The molecule has 0 saturated carbocycles. The predicted octanol–water partition coefficient (Wildman–Crippen LogP) is 2.95. The summed E-state index contributed by atoms with van der Waals surface area (Å²) in [4.78, 5) is 17.5. The van der Waals surface area contributed by atoms with Gasteiger partial charge in [0.2, 0.25) is 15.9 Å². The molecule has 0 spiro atoms. The molecule has 0 radical (unpaired) electrons. The molecule has 1 N–H and O–H groups in total. The van der Waals surface area contributed by atoms with Gasteiger partial charge in [-0.3, -0.25) is 4.79 Å². The van der Waals surface area contributed by atoms with E-state index in [4.69, 9.17) is 0 Å². The van der Waals surface area contributed by atoms with E-state index in [-0.39, 0.29) is 16.8 Å². The Balaban J connectivity index is 1.47. The highest BCUT2D eigenvalue weighted by Gasteiger charge is 2.22. The van der Waals surface area contributed by atoms with Crippen LogP contribution >= 0.6 is 0 Å². The van der Waals surface area contributed by atoms with Crippen molar-refractivity contribution in [2.45, 2.75) is 43.0 Å². The number of amides is 1. The minimum Gasteiger partial charge on any atom is -0.349 e. The fraction of sp³-hybridized carbons (Fsp3) is 0.391. The number of sulfonamides is 1. The number of carbonyl (C=O) groups excluding carboxylic acids is 1. The number of nitrogens with one attached hydrogen (secondary N) is 1. The zero-order valence-electron chi connectivity index (χ0n) is 18.1. The van der Waals surface area contributed by atoms with Crippen molar-refractivity contribution < 1.29 is 13.2 Å². The van der Waals surface area contributed by atoms with Gasteiger partial charge in [0.1, 0.15) is 5.82 Å². The highest BCUT2D eigenvalue weighted by atomic mass is 32.2. The molecule has 2 aromatic carbocycles. The third-order valence-corrected chi connectivity index (χ3v) is 7.81. The minimum atomic E-state index is -3.52. The van der Waals surface area contributed by atoms with Crippen LogP contribution in [0.1, 0.15) is 42.3 Å². The SMILES string of the molecule is CN(C)S(=O)(=O)c1ccc2c(c1)nc(CCC(=O)N[C@H]1CCCc3ccccc31)n2C. The molecule has 1 aliphatic rings. The molecule has 7 nitrogen and oxygen atoms in total. The van der Waals surface area contributed by atoms with Crippen molar-refractivity contribution in [3.8, 4) is 0 Å². The number of hydrogen-bond donors (Lipinski definition) is 1. The van der Waals surface area contributed by atoms with Gasteiger partial charge in [0.25, 0.3) is 0 Å². The molecule has 8 heteroatoms. The van der Waals surface area contributed by atoms with Gasteiger partial charge in [-0.1, -0.05) is 24.3 Å². The number of aryl methyl sites for hydroxylation is 3. The molecule has 1 atom stereocenters. The summed E-state index contributed by atoms with van der Waals surface area (Å²) in [5, 5.41) is 3.18. The maximum Gasteiger partial charge on any atom is 0.242 e. The molecular weight excluding hydrogens is 412 g/mol. The van der Waals surface area contributed by atoms with E-state index in [9.17, 15) is 13.2 Å². The fourth-order valence-electron chi connectivity index (χ4n) is 4.22. The van der Waals surface area contributed by atoms with E-state index in [1.54, 1.807) is 18.2 Å². The Morgan fingerprint density at radius 1 is 1.23 bits per heavy atom. The Labute approximate surface area is 183 Å². The number of imidazole rings is 1. The highest BCUT2D eigenvalue weighted by Crippen LogP contribution is 2.29. The number of aromatic nitrogens is 2. The fourth-order valence-corrected chi connectivity index (χ4v) is 5.14. The Hall–Kier alpha value is -2.71. The number of benzene rings is 2. The lowest BCUT2D eigenvalue weighted by atomic mass is 9.87. The molecule has 0 aliphatic heterocycles. The average molecular weight is 441 g/mol. The van der Waals surface area contributed by atoms with Crippen molar-refractivity contribution in [3.05, 3.63) is 59.4 Å². The van der Waals surface area contributed by atoms with E-state index >= 15 is 0 Å². The van der Waals surface area contributed by atoms with Crippen molar-refractivity contribution in [2.75, 3.05) is 14.1 Å². The van der Waals surface area contributed by atoms with Crippen LogP contribution in [0.5, 0.6) is 0 Å². The third-order valence-electron chi connectivity index (χ3n) is 6.00. The van der Waals surface area contributed by atoms with Crippen molar-refractivity contribution in [2.24, 2.45) is 7.05 Å². The summed E-state index contributed by atoms with van der Waals surface area (Å²) in [6, 6.07) is 13.3. The first-order valence-corrected chi connectivity index (χ1v) is 12.0. The first-order chi connectivity index (χ1) is 14.8. The van der Waals surface area contributed by atoms with Gasteiger partial charge in [-0.2, -0.15) is 0 Å². The van der Waals surface area contributed by atoms with Crippen LogP contribution in [0.2, 0.25) is 0 Å². The third kappa shape index (κ3) is 4.22. The first kappa shape index (κ1) is 21.5. The molecular formula is C23H28N4O3S. The van der Waals surface area contributed by atoms with Crippen molar-refractivity contribution in [3.63, 3.8) is 0 Å². The zero-order chi connectivity index (χ0) is 22.2. The van der Waals surface area contributed by atoms with Crippen LogP contribution in [0.3, 0.4) is 0 Å². The lowest BCUT2D eigenvalue weighted by molar-refractivity contribution is -0.121. The number of hydrogen-bond acceptors (Lipinski definition) is 4. The molecule has 31 heavy (non-hydrogen) atoms. The maximum atomic E-state index is 12.6. The molecule has 0 fully saturated rings. The number of rotatable bonds is 6. The topological polar surface area (TPSA) is 84.3 Å². The standard InChI is InChI=1S/C23H28N4O3S/c1-26(2)31(29,30)17-11-12-21-20(15-17)24-22(27(21)3)13-14-23(28)25-19-10-6-8-16-7-4-5-9-18(16)19/h4-5,7,9,11-12,15,19H,6,8,10,13-14H2,1-3H3,(H,25,28)/t19-/m0/s1. The lowest BCUT2D eigenvalue weighted by Crippen LogP contribution is -2.31. The van der Waals surface area contributed by atoms with E-state index in [2.05, 4.69) is 22.4 Å². The Bertz CT molecular complexity index is 1230. The number of nitrogens with zero attached hydrogens (tertiary/aromatic N) is 3. The van der Waals surface area contributed by atoms with Crippen LogP contribution in [0.15, 0.2) is 47.4 Å². The molecule has 4 rings (SSSR count). The van der Waals surface area contributed by atoms with Gasteiger partial charge in [-0.25, -0.2) is 17.7 Å². The average Bonchev–Trinajstić information content (AvgIpc) is 3.07. The molecule has 1 heterocycles. The summed E-state index contributed by atoms with van der Waals surface area (Å²) in [7, 11) is 1.38. The maximum absolute atomic E-state index is 12.6. The smallest absolute Gasteiger partial charge is 0.242 e. The van der Waals surface area contributed by atoms with Gasteiger partial charge in [-0.05, 0) is 48.6 Å². The molecule has 0 unspecified atom stereocenters. The predicted molar refractivity (Wildman–Crippen MR) is 120 cm³/mol. The summed E-state index contributed by atoms with van der Waals surface area (Å²) >= 11 is 0. The summed E-state index contributed by atoms with van der Waals surface area (Å²) in [6.45, 7) is 0. The summed E-state index contributed by atoms with van der Waals surface area (Å²) < 4.78 is 27.9. The number of carbonyl (C=O) groups is 1. The van der Waals surface area contributed by atoms with Crippen molar-refractivity contribution >= 4 is 27.0 Å². The molecule has 1 aliphatic carbocycles. The van der Waals surface area contributed by atoms with Crippen LogP contribution < -0.4 is 5.32 Å². The van der Waals surface area contributed by atoms with Crippen LogP contribution in [0, 0.1) is 0 Å². The normalized spacial score (nSPS) is 16.5. The second-order valence-electron chi connectivity index (χ2n) is 8.24. The summed E-state index contributed by atoms with van der Waals surface area (Å²) in [5.74, 6) is 0.762. The van der Waals surface area contributed by atoms with Crippen LogP contribution in [0.25, 0.3) is 11.0 Å². The van der Waals surface area contributed by atoms with E-state index < -0.39 is 10.0 Å². The van der Waals surface area contributed by atoms with Gasteiger partial charge in [0.15, 0.2) is 0 Å². The second-order valence-corrected chi connectivity index (χ2v) is 10.4. The molecule has 3 aromatic rings. The van der Waals surface area contributed by atoms with Gasteiger partial charge in [-0.15, -0.1) is 0 Å². The van der Waals surface area contributed by atoms with E-state index in [0.717, 1.165) is 30.6 Å². The van der Waals surface area contributed by atoms with Crippen LogP contribution in [-0.2, 0) is 34.7 Å². The number of fused-ring (bicyclic) bond motifs is 2. The van der Waals surface area contributed by atoms with Gasteiger partial charge < -0.3 is 9.88 Å². The highest BCUT2D eigenvalue weighted by molar-refractivity contribution is 7.89. The van der Waals surface area contributed by atoms with Gasteiger partial charge >= 0.3 is 0 Å². The van der Waals surface area contributed by atoms with Gasteiger partial charge in [0.05, 0.1) is 22.0 Å². The van der Waals surface area contributed by atoms with E-state index in [1.165, 1.54) is 29.5 Å². The monoisotopic (exact) mass is 440 g/mol. The Kier molecular flexibility index (Phi) is 5.85. The Morgan fingerprint density at radius 3 is 2.77 bits per heavy atom. The summed E-state index contributed by atoms with van der Waals surface area (Å²) in [5.41, 5.74) is 3.99. The zero-order valence-corrected chi connectivity index (χ0v) is 18.9. The van der Waals surface area contributed by atoms with Crippen molar-refractivity contribution in [1.29, 1.82) is 0 Å². The molecule has 0 bridgehead atoms. The second kappa shape index (κ2) is 8.43. The lowest BCUT2D eigenvalue weighted by Gasteiger charge is -2.26. The van der Waals surface area contributed by atoms with Gasteiger partial charge in [0, 0.05) is 34.0 Å². The minimum absolute atomic E-state index is 0.00429. The Morgan fingerprint density at radius 2 is 2.00 bits per heavy atom. The van der Waals surface area contributed by atoms with Crippen molar-refractivity contribution in [1.82, 2.24) is 19.2 Å². The molecule has 1 aromatic heterocycles. The van der Waals surface area contributed by atoms with E-state index in [1.807, 2.05) is 23.7 Å². The van der Waals surface area contributed by atoms with Crippen LogP contribution in [-0.4, -0.2) is 42.3 Å².